The van der Waals surface area contributed by atoms with Gasteiger partial charge in [0.15, 0.2) is 0 Å². The van der Waals surface area contributed by atoms with Gasteiger partial charge in [0.25, 0.3) is 0 Å². The third-order valence-electron chi connectivity index (χ3n) is 5.73. The van der Waals surface area contributed by atoms with E-state index in [1.54, 1.807) is 0 Å². The van der Waals surface area contributed by atoms with Crippen LogP contribution in [0.2, 0.25) is 0 Å². The summed E-state index contributed by atoms with van der Waals surface area (Å²) in [6.45, 7) is 6.46. The molecule has 1 heterocycles. The topological polar surface area (TPSA) is 40.5 Å². The van der Waals surface area contributed by atoms with Crippen LogP contribution in [-0.2, 0) is 23.2 Å². The molecule has 3 rings (SSSR count). The van der Waals surface area contributed by atoms with Crippen LogP contribution in [0.1, 0.15) is 37.0 Å². The number of benzene rings is 2. The van der Waals surface area contributed by atoms with E-state index < -0.39 is 5.97 Å². The lowest BCUT2D eigenvalue weighted by Crippen LogP contribution is -2.38. The average molecular weight is 337 g/mol. The molecule has 0 aliphatic carbocycles. The van der Waals surface area contributed by atoms with Crippen molar-refractivity contribution in [3.05, 3.63) is 71.3 Å². The fourth-order valence-corrected chi connectivity index (χ4v) is 4.21. The van der Waals surface area contributed by atoms with Crippen LogP contribution in [0.4, 0.5) is 0 Å². The molecule has 0 spiro atoms. The maximum Gasteiger partial charge on any atom is 0.308 e. The number of hydrogen-bond donors (Lipinski definition) is 1. The number of carbonyl (C=O) groups is 1. The minimum Gasteiger partial charge on any atom is -0.481 e. The van der Waals surface area contributed by atoms with Crippen molar-refractivity contribution in [2.24, 2.45) is 5.92 Å². The second-order valence-corrected chi connectivity index (χ2v) is 7.11. The van der Waals surface area contributed by atoms with Crippen molar-refractivity contribution in [2.75, 3.05) is 13.1 Å². The summed E-state index contributed by atoms with van der Waals surface area (Å²) in [5.41, 5.74) is 3.38. The van der Waals surface area contributed by atoms with Gasteiger partial charge >= 0.3 is 5.97 Å². The lowest BCUT2D eigenvalue weighted by molar-refractivity contribution is -0.143. The predicted molar refractivity (Wildman–Crippen MR) is 101 cm³/mol. The minimum absolute atomic E-state index is 0.313. The Balaban J connectivity index is 1.90. The van der Waals surface area contributed by atoms with Crippen LogP contribution in [0, 0.1) is 5.92 Å². The van der Waals surface area contributed by atoms with Crippen LogP contribution in [0.3, 0.4) is 0 Å². The first-order valence-electron chi connectivity index (χ1n) is 9.17. The van der Waals surface area contributed by atoms with E-state index in [0.717, 1.165) is 31.5 Å². The maximum absolute atomic E-state index is 12.0. The van der Waals surface area contributed by atoms with E-state index in [1.807, 2.05) is 18.2 Å². The van der Waals surface area contributed by atoms with Crippen molar-refractivity contribution < 1.29 is 9.90 Å². The van der Waals surface area contributed by atoms with Gasteiger partial charge in [-0.1, -0.05) is 68.4 Å². The molecule has 2 unspecified atom stereocenters. The molecule has 0 saturated carbocycles. The molecule has 3 heteroatoms. The monoisotopic (exact) mass is 337 g/mol. The number of carboxylic acid groups (broad SMARTS) is 1. The Morgan fingerprint density at radius 2 is 1.76 bits per heavy atom. The molecule has 1 saturated heterocycles. The summed E-state index contributed by atoms with van der Waals surface area (Å²) in [7, 11) is 0. The number of carboxylic acids is 1. The molecule has 1 aliphatic rings. The average Bonchev–Trinajstić information content (AvgIpc) is 3.02. The number of rotatable bonds is 6. The molecule has 0 bridgehead atoms. The molecule has 2 atom stereocenters. The van der Waals surface area contributed by atoms with Gasteiger partial charge in [-0.25, -0.2) is 0 Å². The second kappa shape index (κ2) is 7.40. The van der Waals surface area contributed by atoms with Crippen molar-refractivity contribution in [1.82, 2.24) is 4.90 Å². The van der Waals surface area contributed by atoms with Crippen molar-refractivity contribution >= 4 is 5.97 Å². The first-order valence-corrected chi connectivity index (χ1v) is 9.17. The molecule has 2 aromatic carbocycles. The number of aliphatic carboxylic acids is 1. The standard InChI is InChI=1S/C22H27NO2/c1-3-17-10-12-19(13-11-17)22(4-2)16-23(15-20(22)21(24)25)14-18-8-6-5-7-9-18/h5-13,20H,3-4,14-16H2,1-2H3,(H,24,25). The summed E-state index contributed by atoms with van der Waals surface area (Å²) in [5.74, 6) is -1.05. The van der Waals surface area contributed by atoms with E-state index in [-0.39, 0.29) is 11.3 Å². The van der Waals surface area contributed by atoms with Gasteiger partial charge in [0.2, 0.25) is 0 Å². The molecule has 25 heavy (non-hydrogen) atoms. The molecule has 2 aromatic rings. The zero-order chi connectivity index (χ0) is 17.9. The third-order valence-corrected chi connectivity index (χ3v) is 5.73. The summed E-state index contributed by atoms with van der Waals surface area (Å²) in [4.78, 5) is 14.3. The summed E-state index contributed by atoms with van der Waals surface area (Å²) >= 11 is 0. The van der Waals surface area contributed by atoms with Gasteiger partial charge in [0, 0.05) is 25.0 Å². The lowest BCUT2D eigenvalue weighted by atomic mass is 9.70. The third kappa shape index (κ3) is 3.47. The summed E-state index contributed by atoms with van der Waals surface area (Å²) in [5, 5.41) is 9.90. The lowest BCUT2D eigenvalue weighted by Gasteiger charge is -2.32. The van der Waals surface area contributed by atoms with Crippen molar-refractivity contribution in [1.29, 1.82) is 0 Å². The molecule has 0 aromatic heterocycles. The largest absolute Gasteiger partial charge is 0.481 e. The number of likely N-dealkylation sites (tertiary alicyclic amines) is 1. The summed E-state index contributed by atoms with van der Waals surface area (Å²) < 4.78 is 0. The van der Waals surface area contributed by atoms with E-state index in [2.05, 4.69) is 55.1 Å². The number of hydrogen-bond acceptors (Lipinski definition) is 2. The molecule has 0 amide bonds. The Morgan fingerprint density at radius 1 is 1.08 bits per heavy atom. The number of aryl methyl sites for hydroxylation is 1. The van der Waals surface area contributed by atoms with Gasteiger partial charge in [0.05, 0.1) is 5.92 Å². The minimum atomic E-state index is -0.683. The highest BCUT2D eigenvalue weighted by atomic mass is 16.4. The molecule has 132 valence electrons. The first kappa shape index (κ1) is 17.7. The van der Waals surface area contributed by atoms with E-state index in [0.29, 0.717) is 6.54 Å². The Bertz CT molecular complexity index is 711. The van der Waals surface area contributed by atoms with E-state index in [1.165, 1.54) is 11.1 Å². The highest BCUT2D eigenvalue weighted by Crippen LogP contribution is 2.43. The van der Waals surface area contributed by atoms with Crippen molar-refractivity contribution in [3.63, 3.8) is 0 Å². The van der Waals surface area contributed by atoms with Crippen LogP contribution in [0.25, 0.3) is 0 Å². The summed E-state index contributed by atoms with van der Waals surface area (Å²) in [6, 6.07) is 18.9. The van der Waals surface area contributed by atoms with Gasteiger partial charge in [-0.05, 0) is 29.5 Å². The SMILES string of the molecule is CCc1ccc(C2(CC)CN(Cc3ccccc3)CC2C(=O)O)cc1. The van der Waals surface area contributed by atoms with Gasteiger partial charge in [-0.2, -0.15) is 0 Å². The zero-order valence-corrected chi connectivity index (χ0v) is 15.1. The van der Waals surface area contributed by atoms with Crippen LogP contribution >= 0.6 is 0 Å². The molecular weight excluding hydrogens is 310 g/mol. The van der Waals surface area contributed by atoms with Crippen LogP contribution in [0.5, 0.6) is 0 Å². The molecule has 1 N–H and O–H groups in total. The quantitative estimate of drug-likeness (QED) is 0.862. The zero-order valence-electron chi connectivity index (χ0n) is 15.1. The van der Waals surface area contributed by atoms with Crippen LogP contribution < -0.4 is 0 Å². The van der Waals surface area contributed by atoms with E-state index in [9.17, 15) is 9.90 Å². The Morgan fingerprint density at radius 3 is 2.32 bits per heavy atom. The highest BCUT2D eigenvalue weighted by Gasteiger charge is 2.50. The van der Waals surface area contributed by atoms with Crippen molar-refractivity contribution in [2.45, 2.75) is 38.6 Å². The van der Waals surface area contributed by atoms with Gasteiger partial charge in [-0.3, -0.25) is 9.69 Å². The van der Waals surface area contributed by atoms with Crippen LogP contribution in [-0.4, -0.2) is 29.1 Å². The van der Waals surface area contributed by atoms with Crippen LogP contribution in [0.15, 0.2) is 54.6 Å². The Hall–Kier alpha value is -2.13. The normalized spacial score (nSPS) is 23.7. The van der Waals surface area contributed by atoms with Gasteiger partial charge < -0.3 is 5.11 Å². The molecular formula is C22H27NO2. The highest BCUT2D eigenvalue weighted by molar-refractivity contribution is 5.73. The Labute approximate surface area is 150 Å². The molecule has 3 nitrogen and oxygen atoms in total. The molecule has 1 fully saturated rings. The molecule has 1 aliphatic heterocycles. The summed E-state index contributed by atoms with van der Waals surface area (Å²) in [6.07, 6.45) is 1.84. The van der Waals surface area contributed by atoms with Crippen molar-refractivity contribution in [3.8, 4) is 0 Å². The molecule has 0 radical (unpaired) electrons. The van der Waals surface area contributed by atoms with Gasteiger partial charge in [0.1, 0.15) is 0 Å². The second-order valence-electron chi connectivity index (χ2n) is 7.11. The maximum atomic E-state index is 12.0. The van der Waals surface area contributed by atoms with Gasteiger partial charge in [-0.15, -0.1) is 0 Å². The Kier molecular flexibility index (Phi) is 5.24. The fourth-order valence-electron chi connectivity index (χ4n) is 4.21. The predicted octanol–water partition coefficient (Wildman–Crippen LogP) is 4.11. The first-order chi connectivity index (χ1) is 12.1. The smallest absolute Gasteiger partial charge is 0.308 e. The fraction of sp³-hybridized carbons (Fsp3) is 0.409. The van der Waals surface area contributed by atoms with E-state index in [4.69, 9.17) is 0 Å². The number of nitrogens with zero attached hydrogens (tertiary/aromatic N) is 1. The van der Waals surface area contributed by atoms with E-state index >= 15 is 0 Å².